The fourth-order valence-corrected chi connectivity index (χ4v) is 2.01. The van der Waals surface area contributed by atoms with Crippen LogP contribution in [0.25, 0.3) is 0 Å². The highest BCUT2D eigenvalue weighted by molar-refractivity contribution is 5.95. The van der Waals surface area contributed by atoms with Gasteiger partial charge in [0.2, 0.25) is 0 Å². The molecule has 0 aliphatic carbocycles. The van der Waals surface area contributed by atoms with Crippen molar-refractivity contribution in [2.75, 3.05) is 64.2 Å². The van der Waals surface area contributed by atoms with Crippen molar-refractivity contribution in [3.63, 3.8) is 0 Å². The van der Waals surface area contributed by atoms with Crippen LogP contribution in [0.2, 0.25) is 0 Å². The summed E-state index contributed by atoms with van der Waals surface area (Å²) in [5, 5.41) is 3.15. The lowest BCUT2D eigenvalue weighted by Gasteiger charge is -2.30. The Morgan fingerprint density at radius 3 is 2.17 bits per heavy atom. The molecular weight excluding hydrogens is 306 g/mol. The van der Waals surface area contributed by atoms with E-state index >= 15 is 0 Å². The van der Waals surface area contributed by atoms with Gasteiger partial charge in [-0.25, -0.2) is 0 Å². The Morgan fingerprint density at radius 1 is 1.08 bits per heavy atom. The number of ether oxygens (including phenoxy) is 1. The standard InChI is InChI=1S/C13H20N4O.3CH5N/c1-2-15-13(14)16-11-5-3-4-6-12(11)17-7-9-18-10-8-17;3*1-2/h3-6H,2,7-10H2,1H3,(H3,14,15,16);3*2H2,1H3. The van der Waals surface area contributed by atoms with E-state index in [1.165, 1.54) is 21.1 Å². The van der Waals surface area contributed by atoms with E-state index in [0.717, 1.165) is 37.7 Å². The predicted molar refractivity (Wildman–Crippen MR) is 106 cm³/mol. The van der Waals surface area contributed by atoms with Gasteiger partial charge in [0, 0.05) is 19.6 Å². The van der Waals surface area contributed by atoms with Gasteiger partial charge in [-0.15, -0.1) is 0 Å². The molecule has 1 fully saturated rings. The van der Waals surface area contributed by atoms with E-state index in [1.54, 1.807) is 0 Å². The van der Waals surface area contributed by atoms with Crippen molar-refractivity contribution in [2.24, 2.45) is 27.9 Å². The molecule has 9 N–H and O–H groups in total. The Morgan fingerprint density at radius 2 is 1.62 bits per heavy atom. The van der Waals surface area contributed by atoms with Crippen LogP contribution in [-0.4, -0.2) is 60.0 Å². The van der Waals surface area contributed by atoms with Crippen molar-refractivity contribution < 1.29 is 4.74 Å². The number of nitrogens with zero attached hydrogens (tertiary/aromatic N) is 2. The molecule has 0 saturated carbocycles. The third-order valence-electron chi connectivity index (χ3n) is 2.85. The maximum atomic E-state index is 5.81. The van der Waals surface area contributed by atoms with E-state index < -0.39 is 0 Å². The SMILES string of the molecule is CCN=C(N)Nc1ccccc1N1CCOCC1.CN.CN.CN. The third-order valence-corrected chi connectivity index (χ3v) is 2.85. The van der Waals surface area contributed by atoms with Crippen LogP contribution >= 0.6 is 0 Å². The smallest absolute Gasteiger partial charge is 0.193 e. The second-order valence-corrected chi connectivity index (χ2v) is 4.10. The van der Waals surface area contributed by atoms with Crippen LogP contribution in [-0.2, 0) is 4.74 Å². The van der Waals surface area contributed by atoms with Gasteiger partial charge in [0.25, 0.3) is 0 Å². The minimum atomic E-state index is 0.457. The van der Waals surface area contributed by atoms with Crippen molar-refractivity contribution in [2.45, 2.75) is 6.92 Å². The summed E-state index contributed by atoms with van der Waals surface area (Å²) in [4.78, 5) is 6.44. The molecule has 0 spiro atoms. The van der Waals surface area contributed by atoms with Crippen LogP contribution in [0.3, 0.4) is 0 Å². The Bertz CT molecular complexity index is 421. The lowest BCUT2D eigenvalue weighted by molar-refractivity contribution is 0.123. The minimum Gasteiger partial charge on any atom is -0.378 e. The largest absolute Gasteiger partial charge is 0.378 e. The van der Waals surface area contributed by atoms with Gasteiger partial charge in [-0.05, 0) is 40.2 Å². The van der Waals surface area contributed by atoms with Crippen molar-refractivity contribution >= 4 is 17.3 Å². The van der Waals surface area contributed by atoms with Gasteiger partial charge >= 0.3 is 0 Å². The van der Waals surface area contributed by atoms with Crippen LogP contribution in [0.15, 0.2) is 29.3 Å². The van der Waals surface area contributed by atoms with Gasteiger partial charge in [0.15, 0.2) is 5.96 Å². The van der Waals surface area contributed by atoms with Gasteiger partial charge in [-0.3, -0.25) is 4.99 Å². The molecule has 0 radical (unpaired) electrons. The van der Waals surface area contributed by atoms with Crippen molar-refractivity contribution in [1.82, 2.24) is 0 Å². The number of para-hydroxylation sites is 2. The van der Waals surface area contributed by atoms with Crippen LogP contribution in [0.1, 0.15) is 6.92 Å². The third kappa shape index (κ3) is 9.31. The molecule has 1 saturated heterocycles. The number of hydrogen-bond donors (Lipinski definition) is 5. The molecule has 8 nitrogen and oxygen atoms in total. The topological polar surface area (TPSA) is 141 Å². The lowest BCUT2D eigenvalue weighted by Crippen LogP contribution is -2.37. The summed E-state index contributed by atoms with van der Waals surface area (Å²) in [5.41, 5.74) is 21.5. The van der Waals surface area contributed by atoms with Gasteiger partial charge < -0.3 is 37.9 Å². The molecule has 1 aliphatic rings. The van der Waals surface area contributed by atoms with Gasteiger partial charge in [-0.1, -0.05) is 12.1 Å². The lowest BCUT2D eigenvalue weighted by atomic mass is 10.2. The van der Waals surface area contributed by atoms with E-state index in [2.05, 4.69) is 38.5 Å². The normalized spacial score (nSPS) is 13.3. The highest BCUT2D eigenvalue weighted by Crippen LogP contribution is 2.25. The first-order valence-corrected chi connectivity index (χ1v) is 8.03. The highest BCUT2D eigenvalue weighted by Gasteiger charge is 2.14. The van der Waals surface area contributed by atoms with Gasteiger partial charge in [-0.2, -0.15) is 0 Å². The maximum Gasteiger partial charge on any atom is 0.193 e. The van der Waals surface area contributed by atoms with E-state index in [4.69, 9.17) is 10.5 Å². The molecule has 1 aromatic rings. The number of benzene rings is 1. The summed E-state index contributed by atoms with van der Waals surface area (Å²) in [6.45, 7) is 5.99. The average molecular weight is 342 g/mol. The van der Waals surface area contributed by atoms with E-state index in [0.29, 0.717) is 12.5 Å². The second kappa shape index (κ2) is 17.5. The number of guanidine groups is 1. The molecule has 1 heterocycles. The van der Waals surface area contributed by atoms with Crippen molar-refractivity contribution in [3.8, 4) is 0 Å². The zero-order valence-corrected chi connectivity index (χ0v) is 15.5. The molecule has 1 aliphatic heterocycles. The second-order valence-electron chi connectivity index (χ2n) is 4.10. The maximum absolute atomic E-state index is 5.81. The molecule has 0 unspecified atom stereocenters. The van der Waals surface area contributed by atoms with Crippen molar-refractivity contribution in [1.29, 1.82) is 0 Å². The zero-order chi connectivity index (χ0) is 18.8. The summed E-state index contributed by atoms with van der Waals surface area (Å²) in [7, 11) is 4.50. The molecule has 0 amide bonds. The molecule has 140 valence electrons. The fourth-order valence-electron chi connectivity index (χ4n) is 2.01. The van der Waals surface area contributed by atoms with Crippen LogP contribution in [0.5, 0.6) is 0 Å². The van der Waals surface area contributed by atoms with Crippen LogP contribution in [0, 0.1) is 0 Å². The number of morpholine rings is 1. The Labute approximate surface area is 146 Å². The van der Waals surface area contributed by atoms with Crippen molar-refractivity contribution in [3.05, 3.63) is 24.3 Å². The molecule has 24 heavy (non-hydrogen) atoms. The molecule has 0 atom stereocenters. The molecular formula is C16H35N7O. The molecule has 8 heteroatoms. The summed E-state index contributed by atoms with van der Waals surface area (Å²) < 4.78 is 5.37. The monoisotopic (exact) mass is 341 g/mol. The predicted octanol–water partition coefficient (Wildman–Crippen LogP) is -0.00560. The number of rotatable bonds is 3. The summed E-state index contributed by atoms with van der Waals surface area (Å²) in [5.74, 6) is 0.457. The first-order chi connectivity index (χ1) is 11.8. The van der Waals surface area contributed by atoms with Crippen LogP contribution in [0.4, 0.5) is 11.4 Å². The minimum absolute atomic E-state index is 0.457. The zero-order valence-electron chi connectivity index (χ0n) is 15.5. The Hall–Kier alpha value is -1.87. The average Bonchev–Trinajstić information content (AvgIpc) is 2.68. The van der Waals surface area contributed by atoms with Gasteiger partial charge in [0.1, 0.15) is 0 Å². The quantitative estimate of drug-likeness (QED) is 0.385. The van der Waals surface area contributed by atoms with E-state index in [1.807, 2.05) is 25.1 Å². The first-order valence-electron chi connectivity index (χ1n) is 8.03. The molecule has 1 aromatic carbocycles. The first kappa shape index (κ1) is 24.4. The van der Waals surface area contributed by atoms with E-state index in [-0.39, 0.29) is 0 Å². The summed E-state index contributed by atoms with van der Waals surface area (Å²) in [6.07, 6.45) is 0. The number of nitrogens with two attached hydrogens (primary N) is 4. The molecule has 0 aromatic heterocycles. The van der Waals surface area contributed by atoms with E-state index in [9.17, 15) is 0 Å². The molecule has 2 rings (SSSR count). The number of anilines is 2. The fraction of sp³-hybridized carbons (Fsp3) is 0.562. The molecule has 0 bridgehead atoms. The Balaban J connectivity index is 0. The number of aliphatic imine (C=N–C) groups is 1. The van der Waals surface area contributed by atoms with Crippen LogP contribution < -0.4 is 33.2 Å². The Kier molecular flexibility index (Phi) is 17.8. The summed E-state index contributed by atoms with van der Waals surface area (Å²) >= 11 is 0. The summed E-state index contributed by atoms with van der Waals surface area (Å²) in [6, 6.07) is 8.13. The number of nitrogens with one attached hydrogen (secondary N) is 1. The number of hydrogen-bond acceptors (Lipinski definition) is 6. The highest BCUT2D eigenvalue weighted by atomic mass is 16.5. The van der Waals surface area contributed by atoms with Gasteiger partial charge in [0.05, 0.1) is 24.6 Å².